The fraction of sp³-hybridized carbons (Fsp3) is 0.0192. The minimum Gasteiger partial charge on any atom is -0.208 e. The van der Waals surface area contributed by atoms with Gasteiger partial charge in [-0.25, -0.2) is 15.0 Å². The van der Waals surface area contributed by atoms with Crippen LogP contribution in [0.1, 0.15) is 12.5 Å². The molecule has 4 heteroatoms. The molecular weight excluding hydrogens is 699 g/mol. The Morgan fingerprint density at radius 3 is 1.45 bits per heavy atom. The second-order valence-electron chi connectivity index (χ2n) is 13.6. The van der Waals surface area contributed by atoms with Gasteiger partial charge in [-0.2, -0.15) is 0 Å². The van der Waals surface area contributed by atoms with Crippen LogP contribution in [0.25, 0.3) is 89.8 Å². The molecule has 0 fully saturated rings. The minimum absolute atomic E-state index is 0.614. The van der Waals surface area contributed by atoms with Crippen molar-refractivity contribution in [3.8, 4) is 67.5 Å². The van der Waals surface area contributed by atoms with Gasteiger partial charge in [0, 0.05) is 31.3 Å². The Balaban J connectivity index is 1.18. The summed E-state index contributed by atoms with van der Waals surface area (Å²) in [5.74, 6) is 1.86. The van der Waals surface area contributed by atoms with Crippen LogP contribution < -0.4 is 9.75 Å². The number of thiophene rings is 1. The summed E-state index contributed by atoms with van der Waals surface area (Å²) in [5, 5.41) is 2.21. The van der Waals surface area contributed by atoms with Gasteiger partial charge >= 0.3 is 0 Å². The molecule has 0 aliphatic rings. The highest BCUT2D eigenvalue weighted by Crippen LogP contribution is 2.32. The fourth-order valence-electron chi connectivity index (χ4n) is 7.18. The Bertz CT molecular complexity index is 2850. The highest BCUT2D eigenvalue weighted by Gasteiger charge is 2.15. The zero-order valence-corrected chi connectivity index (χ0v) is 31.7. The molecule has 7 aromatic carbocycles. The van der Waals surface area contributed by atoms with E-state index in [2.05, 4.69) is 196 Å². The van der Waals surface area contributed by atoms with Gasteiger partial charge in [0.2, 0.25) is 0 Å². The van der Waals surface area contributed by atoms with Crippen molar-refractivity contribution in [2.45, 2.75) is 6.92 Å². The van der Waals surface area contributed by atoms with Crippen molar-refractivity contribution in [3.05, 3.63) is 209 Å². The molecule has 9 rings (SSSR count). The van der Waals surface area contributed by atoms with E-state index in [1.165, 1.54) is 32.3 Å². The maximum absolute atomic E-state index is 5.12. The summed E-state index contributed by atoms with van der Waals surface area (Å²) in [6.45, 7) is 6.68. The van der Waals surface area contributed by atoms with Crippen molar-refractivity contribution in [3.63, 3.8) is 0 Å². The monoisotopic (exact) mass is 735 g/mol. The molecule has 0 bridgehead atoms. The Morgan fingerprint density at radius 1 is 0.464 bits per heavy atom. The SMILES string of the molecule is C=c1/c(=C(\C=C/C)c2cccc(-c3nc(-c4ccc(-c5ccccc5)cc4)nc(-c4ccc(-c5ccccc5)cc4)n3)c2)sc2c(-c3ccccc3)cccc12. The summed E-state index contributed by atoms with van der Waals surface area (Å²) in [6, 6.07) is 63.3. The molecule has 3 nitrogen and oxygen atoms in total. The molecule has 0 atom stereocenters. The van der Waals surface area contributed by atoms with Gasteiger partial charge in [0.15, 0.2) is 17.5 Å². The molecule has 0 radical (unpaired) electrons. The lowest BCUT2D eigenvalue weighted by Gasteiger charge is -2.11. The van der Waals surface area contributed by atoms with Gasteiger partial charge < -0.3 is 0 Å². The van der Waals surface area contributed by atoms with Crippen LogP contribution in [-0.2, 0) is 0 Å². The van der Waals surface area contributed by atoms with Crippen molar-refractivity contribution in [1.29, 1.82) is 0 Å². The van der Waals surface area contributed by atoms with E-state index in [1.807, 2.05) is 12.1 Å². The van der Waals surface area contributed by atoms with Crippen molar-refractivity contribution in [1.82, 2.24) is 15.0 Å². The Labute approximate surface area is 331 Å². The largest absolute Gasteiger partial charge is 0.208 e. The van der Waals surface area contributed by atoms with Crippen LogP contribution >= 0.6 is 11.3 Å². The number of benzene rings is 7. The first-order chi connectivity index (χ1) is 27.6. The van der Waals surface area contributed by atoms with Crippen LogP contribution in [0, 0.1) is 0 Å². The molecular formula is C52H37N3S. The van der Waals surface area contributed by atoms with Crippen molar-refractivity contribution < 1.29 is 0 Å². The summed E-state index contributed by atoms with van der Waals surface area (Å²) in [7, 11) is 0. The predicted molar refractivity (Wildman–Crippen MR) is 236 cm³/mol. The topological polar surface area (TPSA) is 38.7 Å². The van der Waals surface area contributed by atoms with E-state index in [1.54, 1.807) is 11.3 Å². The Morgan fingerprint density at radius 2 is 0.911 bits per heavy atom. The third-order valence-electron chi connectivity index (χ3n) is 10.0. The van der Waals surface area contributed by atoms with E-state index in [0.29, 0.717) is 17.5 Å². The summed E-state index contributed by atoms with van der Waals surface area (Å²) in [6.07, 6.45) is 4.29. The first-order valence-corrected chi connectivity index (χ1v) is 19.6. The Hall–Kier alpha value is -7.01. The number of nitrogens with zero attached hydrogens (tertiary/aromatic N) is 3. The summed E-state index contributed by atoms with van der Waals surface area (Å²) in [5.41, 5.74) is 12.0. The second kappa shape index (κ2) is 15.4. The average Bonchev–Trinajstić information content (AvgIpc) is 3.62. The standard InChI is InChI=1S/C52H37N3S/c1-3-15-46(48-35(2)45-24-14-25-47(49(45)56-48)40-20-11-6-12-21-40)43-22-13-23-44(34-43)52-54-50(41-30-26-38(27-31-41)36-16-7-4-8-17-36)53-51(55-52)42-32-28-39(29-33-42)37-18-9-5-10-19-37/h3-34H,2H2,1H3/b15-3-,48-46-. The van der Waals surface area contributed by atoms with Crippen LogP contribution in [0.2, 0.25) is 0 Å². The Kier molecular flexibility index (Phi) is 9.54. The van der Waals surface area contributed by atoms with Gasteiger partial charge in [-0.3, -0.25) is 0 Å². The zero-order chi connectivity index (χ0) is 37.8. The van der Waals surface area contributed by atoms with E-state index in [-0.39, 0.29) is 0 Å². The second-order valence-corrected chi connectivity index (χ2v) is 14.7. The van der Waals surface area contributed by atoms with E-state index >= 15 is 0 Å². The maximum atomic E-state index is 5.12. The van der Waals surface area contributed by atoms with E-state index in [0.717, 1.165) is 48.7 Å². The smallest absolute Gasteiger partial charge is 0.164 e. The van der Waals surface area contributed by atoms with E-state index < -0.39 is 0 Å². The molecule has 2 heterocycles. The number of aromatic nitrogens is 3. The normalized spacial score (nSPS) is 11.9. The first kappa shape index (κ1) is 34.7. The van der Waals surface area contributed by atoms with Crippen LogP contribution in [0.5, 0.6) is 0 Å². The molecule has 0 aliphatic carbocycles. The third-order valence-corrected chi connectivity index (χ3v) is 11.4. The predicted octanol–water partition coefficient (Wildman–Crippen LogP) is 12.3. The van der Waals surface area contributed by atoms with Crippen molar-refractivity contribution in [2.75, 3.05) is 0 Å². The lowest BCUT2D eigenvalue weighted by molar-refractivity contribution is 1.07. The van der Waals surface area contributed by atoms with Gasteiger partial charge in [0.25, 0.3) is 0 Å². The molecule has 0 saturated carbocycles. The molecule has 0 aliphatic heterocycles. The molecule has 0 saturated heterocycles. The summed E-state index contributed by atoms with van der Waals surface area (Å²) < 4.78 is 2.38. The van der Waals surface area contributed by atoms with Crippen molar-refractivity contribution >= 4 is 33.6 Å². The van der Waals surface area contributed by atoms with Gasteiger partial charge in [0.05, 0.1) is 0 Å². The molecule has 2 aromatic heterocycles. The van der Waals surface area contributed by atoms with Crippen LogP contribution in [0.4, 0.5) is 0 Å². The molecule has 9 aromatic rings. The van der Waals surface area contributed by atoms with Gasteiger partial charge in [0.1, 0.15) is 0 Å². The number of hydrogen-bond acceptors (Lipinski definition) is 4. The van der Waals surface area contributed by atoms with Gasteiger partial charge in [-0.15, -0.1) is 11.3 Å². The fourth-order valence-corrected chi connectivity index (χ4v) is 8.51. The highest BCUT2D eigenvalue weighted by molar-refractivity contribution is 7.17. The molecule has 266 valence electrons. The molecule has 0 unspecified atom stereocenters. The number of hydrogen-bond donors (Lipinski definition) is 0. The molecule has 0 N–H and O–H groups in total. The number of fused-ring (bicyclic) bond motifs is 1. The molecule has 0 spiro atoms. The van der Waals surface area contributed by atoms with Crippen LogP contribution in [0.15, 0.2) is 194 Å². The van der Waals surface area contributed by atoms with Crippen LogP contribution in [0.3, 0.4) is 0 Å². The average molecular weight is 736 g/mol. The number of rotatable bonds is 8. The molecule has 56 heavy (non-hydrogen) atoms. The first-order valence-electron chi connectivity index (χ1n) is 18.7. The zero-order valence-electron chi connectivity index (χ0n) is 30.9. The highest BCUT2D eigenvalue weighted by atomic mass is 32.1. The van der Waals surface area contributed by atoms with E-state index in [9.17, 15) is 0 Å². The lowest BCUT2D eigenvalue weighted by Crippen LogP contribution is -2.19. The quantitative estimate of drug-likeness (QED) is 0.156. The lowest BCUT2D eigenvalue weighted by atomic mass is 10.0. The van der Waals surface area contributed by atoms with Crippen molar-refractivity contribution in [2.24, 2.45) is 0 Å². The maximum Gasteiger partial charge on any atom is 0.164 e. The summed E-state index contributed by atoms with van der Waals surface area (Å²) in [4.78, 5) is 15.3. The van der Waals surface area contributed by atoms with Gasteiger partial charge in [-0.05, 0) is 62.7 Å². The van der Waals surface area contributed by atoms with Gasteiger partial charge in [-0.1, -0.05) is 195 Å². The minimum atomic E-state index is 0.614. The summed E-state index contributed by atoms with van der Waals surface area (Å²) >= 11 is 1.80. The molecule has 0 amide bonds. The van der Waals surface area contributed by atoms with E-state index in [4.69, 9.17) is 15.0 Å². The number of allylic oxidation sites excluding steroid dienone is 2. The van der Waals surface area contributed by atoms with Crippen LogP contribution in [-0.4, -0.2) is 15.0 Å². The third kappa shape index (κ3) is 6.90.